The Morgan fingerprint density at radius 3 is 2.52 bits per heavy atom. The van der Waals surface area contributed by atoms with Crippen LogP contribution < -0.4 is 11.1 Å². The van der Waals surface area contributed by atoms with Crippen molar-refractivity contribution in [1.29, 1.82) is 0 Å². The predicted octanol–water partition coefficient (Wildman–Crippen LogP) is 3.55. The van der Waals surface area contributed by atoms with E-state index in [1.165, 1.54) is 5.56 Å². The van der Waals surface area contributed by atoms with E-state index in [4.69, 9.17) is 5.73 Å². The molecule has 3 N–H and O–H groups in total. The van der Waals surface area contributed by atoms with Gasteiger partial charge in [-0.15, -0.1) is 0 Å². The molecule has 1 atom stereocenters. The monoisotopic (exact) mass is 358 g/mol. The topological polar surface area (TPSA) is 80.9 Å². The standard InChI is InChI=1S/C22H22N4O/c23-21(9-8-17-4-2-1-3-5-17)22(27)26-20-14-19(15-25-16-20)7-6-18-10-12-24-13-11-18/h1-7,10-16,21H,8-9,23H2,(H,26,27)/t21-/m0/s1. The average molecular weight is 358 g/mol. The van der Waals surface area contributed by atoms with Gasteiger partial charge in [-0.05, 0) is 47.7 Å². The number of aryl methyl sites for hydroxylation is 1. The second-order valence-corrected chi connectivity index (χ2v) is 6.24. The number of rotatable bonds is 7. The summed E-state index contributed by atoms with van der Waals surface area (Å²) in [5.74, 6) is -0.206. The molecular weight excluding hydrogens is 336 g/mol. The minimum absolute atomic E-state index is 0.206. The normalized spacial score (nSPS) is 12.0. The highest BCUT2D eigenvalue weighted by atomic mass is 16.2. The zero-order valence-corrected chi connectivity index (χ0v) is 15.0. The van der Waals surface area contributed by atoms with Crippen molar-refractivity contribution in [3.05, 3.63) is 90.0 Å². The molecule has 0 saturated carbocycles. The number of carbonyl (C=O) groups is 1. The first-order valence-electron chi connectivity index (χ1n) is 8.84. The molecule has 3 rings (SSSR count). The Bertz CT molecular complexity index is 894. The zero-order valence-electron chi connectivity index (χ0n) is 15.0. The van der Waals surface area contributed by atoms with Gasteiger partial charge in [0.2, 0.25) is 5.91 Å². The van der Waals surface area contributed by atoms with Gasteiger partial charge in [-0.3, -0.25) is 14.8 Å². The summed E-state index contributed by atoms with van der Waals surface area (Å²) in [6.07, 6.45) is 12.1. The van der Waals surface area contributed by atoms with Gasteiger partial charge >= 0.3 is 0 Å². The summed E-state index contributed by atoms with van der Waals surface area (Å²) in [6, 6.07) is 15.1. The number of pyridine rings is 2. The Balaban J connectivity index is 1.56. The molecule has 0 unspecified atom stereocenters. The lowest BCUT2D eigenvalue weighted by atomic mass is 10.1. The molecule has 136 valence electrons. The molecule has 3 aromatic rings. The van der Waals surface area contributed by atoms with Crippen LogP contribution in [0.1, 0.15) is 23.1 Å². The van der Waals surface area contributed by atoms with Gasteiger partial charge in [0, 0.05) is 18.6 Å². The first kappa shape index (κ1) is 18.5. The second kappa shape index (κ2) is 9.40. The molecule has 0 fully saturated rings. The van der Waals surface area contributed by atoms with Crippen LogP contribution in [0, 0.1) is 0 Å². The lowest BCUT2D eigenvalue weighted by molar-refractivity contribution is -0.117. The summed E-state index contributed by atoms with van der Waals surface area (Å²) >= 11 is 0. The Morgan fingerprint density at radius 2 is 1.74 bits per heavy atom. The van der Waals surface area contributed by atoms with Crippen LogP contribution in [0.5, 0.6) is 0 Å². The van der Waals surface area contributed by atoms with Gasteiger partial charge in [-0.1, -0.05) is 42.5 Å². The molecule has 27 heavy (non-hydrogen) atoms. The van der Waals surface area contributed by atoms with Crippen molar-refractivity contribution in [3.63, 3.8) is 0 Å². The fraction of sp³-hybridized carbons (Fsp3) is 0.136. The van der Waals surface area contributed by atoms with Crippen molar-refractivity contribution in [1.82, 2.24) is 9.97 Å². The zero-order chi connectivity index (χ0) is 18.9. The van der Waals surface area contributed by atoms with E-state index in [9.17, 15) is 4.79 Å². The minimum Gasteiger partial charge on any atom is -0.323 e. The van der Waals surface area contributed by atoms with Crippen LogP contribution in [-0.4, -0.2) is 21.9 Å². The smallest absolute Gasteiger partial charge is 0.241 e. The first-order valence-corrected chi connectivity index (χ1v) is 8.84. The van der Waals surface area contributed by atoms with Crippen molar-refractivity contribution >= 4 is 23.7 Å². The highest BCUT2D eigenvalue weighted by Crippen LogP contribution is 2.13. The van der Waals surface area contributed by atoms with E-state index >= 15 is 0 Å². The molecule has 0 bridgehead atoms. The van der Waals surface area contributed by atoms with Gasteiger partial charge in [0.05, 0.1) is 17.9 Å². The number of benzene rings is 1. The highest BCUT2D eigenvalue weighted by molar-refractivity contribution is 5.94. The lowest BCUT2D eigenvalue weighted by Gasteiger charge is -2.12. The fourth-order valence-corrected chi connectivity index (χ4v) is 2.62. The molecule has 0 aliphatic rings. The number of nitrogens with one attached hydrogen (secondary N) is 1. The van der Waals surface area contributed by atoms with Gasteiger partial charge in [0.1, 0.15) is 0 Å². The van der Waals surface area contributed by atoms with Crippen molar-refractivity contribution < 1.29 is 4.79 Å². The number of amides is 1. The molecule has 0 aliphatic heterocycles. The van der Waals surface area contributed by atoms with Gasteiger partial charge in [-0.2, -0.15) is 0 Å². The van der Waals surface area contributed by atoms with Crippen molar-refractivity contribution in [3.8, 4) is 0 Å². The second-order valence-electron chi connectivity index (χ2n) is 6.24. The third-order valence-electron chi connectivity index (χ3n) is 4.12. The van der Waals surface area contributed by atoms with Gasteiger partial charge in [0.25, 0.3) is 0 Å². The summed E-state index contributed by atoms with van der Waals surface area (Å²) in [5, 5.41) is 2.85. The van der Waals surface area contributed by atoms with E-state index in [0.717, 1.165) is 17.5 Å². The third-order valence-corrected chi connectivity index (χ3v) is 4.12. The third kappa shape index (κ3) is 5.87. The largest absolute Gasteiger partial charge is 0.323 e. The van der Waals surface area contributed by atoms with E-state index in [1.54, 1.807) is 24.8 Å². The summed E-state index contributed by atoms with van der Waals surface area (Å²) < 4.78 is 0. The van der Waals surface area contributed by atoms with Crippen molar-refractivity contribution in [2.45, 2.75) is 18.9 Å². The van der Waals surface area contributed by atoms with Gasteiger partial charge in [-0.25, -0.2) is 0 Å². The number of nitrogens with zero attached hydrogens (tertiary/aromatic N) is 2. The number of hydrogen-bond donors (Lipinski definition) is 2. The molecule has 0 aliphatic carbocycles. The van der Waals surface area contributed by atoms with Crippen LogP contribution in [0.15, 0.2) is 73.3 Å². The number of aromatic nitrogens is 2. The first-order chi connectivity index (χ1) is 13.2. The number of nitrogens with two attached hydrogens (primary N) is 1. The molecular formula is C22H22N4O. The van der Waals surface area contributed by atoms with E-state index < -0.39 is 6.04 Å². The quantitative estimate of drug-likeness (QED) is 0.677. The lowest BCUT2D eigenvalue weighted by Crippen LogP contribution is -2.36. The molecule has 5 heteroatoms. The maximum Gasteiger partial charge on any atom is 0.241 e. The molecule has 1 amide bonds. The van der Waals surface area contributed by atoms with Crippen LogP contribution >= 0.6 is 0 Å². The van der Waals surface area contributed by atoms with Crippen LogP contribution in [0.25, 0.3) is 12.2 Å². The van der Waals surface area contributed by atoms with Crippen LogP contribution in [0.2, 0.25) is 0 Å². The van der Waals surface area contributed by atoms with Crippen molar-refractivity contribution in [2.75, 3.05) is 5.32 Å². The molecule has 0 spiro atoms. The Kier molecular flexibility index (Phi) is 6.44. The molecule has 0 saturated heterocycles. The Labute approximate surface area is 159 Å². The number of anilines is 1. The van der Waals surface area contributed by atoms with E-state index in [0.29, 0.717) is 12.1 Å². The Hall–Kier alpha value is -3.31. The highest BCUT2D eigenvalue weighted by Gasteiger charge is 2.13. The summed E-state index contributed by atoms with van der Waals surface area (Å²) in [4.78, 5) is 20.5. The van der Waals surface area contributed by atoms with E-state index in [1.807, 2.05) is 60.7 Å². The van der Waals surface area contributed by atoms with E-state index in [-0.39, 0.29) is 5.91 Å². The maximum atomic E-state index is 12.3. The molecule has 2 heterocycles. The molecule has 1 aromatic carbocycles. The van der Waals surface area contributed by atoms with Gasteiger partial charge < -0.3 is 11.1 Å². The molecule has 0 radical (unpaired) electrons. The maximum absolute atomic E-state index is 12.3. The average Bonchev–Trinajstić information content (AvgIpc) is 2.72. The van der Waals surface area contributed by atoms with Gasteiger partial charge in [0.15, 0.2) is 0 Å². The number of carbonyl (C=O) groups excluding carboxylic acids is 1. The van der Waals surface area contributed by atoms with Crippen LogP contribution in [0.3, 0.4) is 0 Å². The van der Waals surface area contributed by atoms with Crippen LogP contribution in [-0.2, 0) is 11.2 Å². The van der Waals surface area contributed by atoms with Crippen LogP contribution in [0.4, 0.5) is 5.69 Å². The number of hydrogen-bond acceptors (Lipinski definition) is 4. The predicted molar refractivity (Wildman–Crippen MR) is 109 cm³/mol. The summed E-state index contributed by atoms with van der Waals surface area (Å²) in [5.41, 5.74) is 9.77. The minimum atomic E-state index is -0.568. The Morgan fingerprint density at radius 1 is 1.00 bits per heavy atom. The summed E-state index contributed by atoms with van der Waals surface area (Å²) in [7, 11) is 0. The summed E-state index contributed by atoms with van der Waals surface area (Å²) in [6.45, 7) is 0. The van der Waals surface area contributed by atoms with E-state index in [2.05, 4.69) is 15.3 Å². The SMILES string of the molecule is N[C@@H](CCc1ccccc1)C(=O)Nc1cncc(C=Cc2ccncc2)c1. The molecule has 5 nitrogen and oxygen atoms in total. The fourth-order valence-electron chi connectivity index (χ4n) is 2.62. The van der Waals surface area contributed by atoms with Crippen molar-refractivity contribution in [2.24, 2.45) is 5.73 Å². The molecule has 2 aromatic heterocycles.